The number of halogens is 1. The first-order valence-corrected chi connectivity index (χ1v) is 4.71. The lowest BCUT2D eigenvalue weighted by atomic mass is 10.2. The van der Waals surface area contributed by atoms with Gasteiger partial charge >= 0.3 is 0 Å². The monoisotopic (exact) mass is 204 g/mol. The number of nitriles is 1. The first-order chi connectivity index (χ1) is 7.13. The van der Waals surface area contributed by atoms with Crippen molar-refractivity contribution in [2.75, 3.05) is 11.9 Å². The van der Waals surface area contributed by atoms with Crippen LogP contribution in [0.4, 0.5) is 10.1 Å². The van der Waals surface area contributed by atoms with Crippen LogP contribution in [0.2, 0.25) is 0 Å². The molecular weight excluding hydrogens is 191 g/mol. The Morgan fingerprint density at radius 1 is 1.60 bits per heavy atom. The van der Waals surface area contributed by atoms with Crippen LogP contribution < -0.4 is 5.32 Å². The molecule has 0 amide bonds. The summed E-state index contributed by atoms with van der Waals surface area (Å²) in [6, 6.07) is 6.28. The predicted molar refractivity (Wildman–Crippen MR) is 59.0 cm³/mol. The van der Waals surface area contributed by atoms with Gasteiger partial charge < -0.3 is 5.32 Å². The van der Waals surface area contributed by atoms with Crippen molar-refractivity contribution in [2.24, 2.45) is 0 Å². The van der Waals surface area contributed by atoms with Crippen molar-refractivity contribution in [1.82, 2.24) is 0 Å². The van der Waals surface area contributed by atoms with Crippen LogP contribution in [0.1, 0.15) is 18.9 Å². The van der Waals surface area contributed by atoms with Crippen LogP contribution in [0, 0.1) is 17.1 Å². The fraction of sp³-hybridized carbons (Fsp3) is 0.250. The van der Waals surface area contributed by atoms with Crippen molar-refractivity contribution in [3.8, 4) is 6.07 Å². The van der Waals surface area contributed by atoms with Crippen molar-refractivity contribution in [1.29, 1.82) is 5.26 Å². The lowest BCUT2D eigenvalue weighted by molar-refractivity contribution is 0.629. The zero-order chi connectivity index (χ0) is 11.3. The Morgan fingerprint density at radius 3 is 2.87 bits per heavy atom. The lowest BCUT2D eigenvalue weighted by Crippen LogP contribution is -2.03. The normalized spacial score (nSPS) is 9.40. The third kappa shape index (κ3) is 3.43. The summed E-state index contributed by atoms with van der Waals surface area (Å²) in [5, 5.41) is 11.5. The van der Waals surface area contributed by atoms with Crippen LogP contribution in [0.5, 0.6) is 0 Å². The SMILES string of the molecule is C=C(C)CCNc1ccc(C#N)cc1F. The van der Waals surface area contributed by atoms with Crippen molar-refractivity contribution >= 4 is 5.69 Å². The maximum Gasteiger partial charge on any atom is 0.147 e. The molecule has 0 atom stereocenters. The molecule has 0 saturated carbocycles. The Morgan fingerprint density at radius 2 is 2.33 bits per heavy atom. The van der Waals surface area contributed by atoms with Gasteiger partial charge in [0, 0.05) is 6.54 Å². The van der Waals surface area contributed by atoms with E-state index in [9.17, 15) is 4.39 Å². The van der Waals surface area contributed by atoms with Gasteiger partial charge in [0.05, 0.1) is 17.3 Å². The minimum absolute atomic E-state index is 0.331. The minimum atomic E-state index is -0.393. The number of nitrogens with one attached hydrogen (secondary N) is 1. The van der Waals surface area contributed by atoms with Crippen molar-refractivity contribution in [3.63, 3.8) is 0 Å². The lowest BCUT2D eigenvalue weighted by Gasteiger charge is -2.07. The zero-order valence-corrected chi connectivity index (χ0v) is 8.68. The summed E-state index contributed by atoms with van der Waals surface area (Å²) in [5.41, 5.74) is 1.81. The summed E-state index contributed by atoms with van der Waals surface area (Å²) in [7, 11) is 0. The molecule has 1 aromatic rings. The van der Waals surface area contributed by atoms with E-state index < -0.39 is 5.82 Å². The van der Waals surface area contributed by atoms with E-state index in [-0.39, 0.29) is 0 Å². The second-order valence-corrected chi connectivity index (χ2v) is 3.44. The highest BCUT2D eigenvalue weighted by Crippen LogP contribution is 2.15. The molecule has 0 fully saturated rings. The van der Waals surface area contributed by atoms with E-state index >= 15 is 0 Å². The molecule has 0 spiro atoms. The fourth-order valence-corrected chi connectivity index (χ4v) is 1.14. The Labute approximate surface area is 89.0 Å². The molecular formula is C12H13FN2. The summed E-state index contributed by atoms with van der Waals surface area (Å²) in [4.78, 5) is 0. The number of benzene rings is 1. The Hall–Kier alpha value is -1.82. The summed E-state index contributed by atoms with van der Waals surface area (Å²) in [6.45, 7) is 6.34. The molecule has 78 valence electrons. The maximum atomic E-state index is 13.3. The van der Waals surface area contributed by atoms with Gasteiger partial charge in [-0.05, 0) is 31.5 Å². The van der Waals surface area contributed by atoms with Crippen LogP contribution in [-0.2, 0) is 0 Å². The van der Waals surface area contributed by atoms with Gasteiger partial charge in [-0.25, -0.2) is 4.39 Å². The van der Waals surface area contributed by atoms with Crippen LogP contribution in [0.3, 0.4) is 0 Å². The molecule has 1 N–H and O–H groups in total. The summed E-state index contributed by atoms with van der Waals surface area (Å²) in [6.07, 6.45) is 0.805. The zero-order valence-electron chi connectivity index (χ0n) is 8.68. The van der Waals surface area contributed by atoms with Crippen molar-refractivity contribution in [3.05, 3.63) is 41.7 Å². The summed E-state index contributed by atoms with van der Waals surface area (Å²) >= 11 is 0. The van der Waals surface area contributed by atoms with Gasteiger partial charge in [-0.1, -0.05) is 5.57 Å². The average molecular weight is 204 g/mol. The highest BCUT2D eigenvalue weighted by molar-refractivity contribution is 5.48. The van der Waals surface area contributed by atoms with E-state index in [1.807, 2.05) is 13.0 Å². The van der Waals surface area contributed by atoms with Crippen LogP contribution in [0.15, 0.2) is 30.4 Å². The molecule has 0 aliphatic rings. The molecule has 15 heavy (non-hydrogen) atoms. The smallest absolute Gasteiger partial charge is 0.147 e. The van der Waals surface area contributed by atoms with Crippen molar-refractivity contribution in [2.45, 2.75) is 13.3 Å². The highest BCUT2D eigenvalue weighted by atomic mass is 19.1. The van der Waals surface area contributed by atoms with Gasteiger partial charge in [-0.2, -0.15) is 5.26 Å². The van der Waals surface area contributed by atoms with E-state index in [1.165, 1.54) is 6.07 Å². The number of anilines is 1. The standard InChI is InChI=1S/C12H13FN2/c1-9(2)5-6-15-12-4-3-10(8-14)7-11(12)13/h3-4,7,15H,1,5-6H2,2H3. The van der Waals surface area contributed by atoms with Gasteiger partial charge in [0.1, 0.15) is 5.82 Å². The quantitative estimate of drug-likeness (QED) is 0.765. The number of rotatable bonds is 4. The van der Waals surface area contributed by atoms with Crippen molar-refractivity contribution < 1.29 is 4.39 Å². The highest BCUT2D eigenvalue weighted by Gasteiger charge is 2.02. The van der Waals surface area contributed by atoms with E-state index in [1.54, 1.807) is 12.1 Å². The minimum Gasteiger partial charge on any atom is -0.382 e. The van der Waals surface area contributed by atoms with Crippen LogP contribution in [0.25, 0.3) is 0 Å². The molecule has 3 heteroatoms. The molecule has 0 heterocycles. The topological polar surface area (TPSA) is 35.8 Å². The first-order valence-electron chi connectivity index (χ1n) is 4.71. The Kier molecular flexibility index (Phi) is 3.87. The molecule has 0 saturated heterocycles. The van der Waals surface area contributed by atoms with Crippen LogP contribution in [-0.4, -0.2) is 6.54 Å². The summed E-state index contributed by atoms with van der Waals surface area (Å²) < 4.78 is 13.3. The van der Waals surface area contributed by atoms with Gasteiger partial charge in [0.25, 0.3) is 0 Å². The average Bonchev–Trinajstić information content (AvgIpc) is 2.20. The number of hydrogen-bond acceptors (Lipinski definition) is 2. The second-order valence-electron chi connectivity index (χ2n) is 3.44. The summed E-state index contributed by atoms with van der Waals surface area (Å²) in [5.74, 6) is -0.393. The van der Waals surface area contributed by atoms with Crippen LogP contribution >= 0.6 is 0 Å². The molecule has 0 aliphatic carbocycles. The van der Waals surface area contributed by atoms with Gasteiger partial charge in [0.15, 0.2) is 0 Å². The molecule has 0 aromatic heterocycles. The Bertz CT molecular complexity index is 405. The molecule has 0 bridgehead atoms. The molecule has 1 rings (SSSR count). The predicted octanol–water partition coefficient (Wildman–Crippen LogP) is 3.08. The molecule has 0 radical (unpaired) electrons. The van der Waals surface area contributed by atoms with E-state index in [0.717, 1.165) is 12.0 Å². The van der Waals surface area contributed by atoms with E-state index in [4.69, 9.17) is 5.26 Å². The maximum absolute atomic E-state index is 13.3. The van der Waals surface area contributed by atoms with Gasteiger partial charge in [0.2, 0.25) is 0 Å². The third-order valence-electron chi connectivity index (χ3n) is 1.97. The molecule has 0 unspecified atom stereocenters. The second kappa shape index (κ2) is 5.16. The van der Waals surface area contributed by atoms with Gasteiger partial charge in [-0.3, -0.25) is 0 Å². The fourth-order valence-electron chi connectivity index (χ4n) is 1.14. The molecule has 2 nitrogen and oxygen atoms in total. The third-order valence-corrected chi connectivity index (χ3v) is 1.97. The van der Waals surface area contributed by atoms with E-state index in [0.29, 0.717) is 17.8 Å². The molecule has 0 aliphatic heterocycles. The number of nitrogens with zero attached hydrogens (tertiary/aromatic N) is 1. The first kappa shape index (κ1) is 11.3. The largest absolute Gasteiger partial charge is 0.382 e. The van der Waals surface area contributed by atoms with E-state index in [2.05, 4.69) is 11.9 Å². The number of hydrogen-bond donors (Lipinski definition) is 1. The molecule has 1 aromatic carbocycles. The van der Waals surface area contributed by atoms with Gasteiger partial charge in [-0.15, -0.1) is 6.58 Å². The Balaban J connectivity index is 2.63.